The summed E-state index contributed by atoms with van der Waals surface area (Å²) in [6, 6.07) is 53.7. The van der Waals surface area contributed by atoms with Crippen LogP contribution in [0.1, 0.15) is 46.2 Å². The van der Waals surface area contributed by atoms with Crippen molar-refractivity contribution in [3.05, 3.63) is 185 Å². The molecule has 0 fully saturated rings. The minimum absolute atomic E-state index is 0.139. The van der Waals surface area contributed by atoms with Crippen molar-refractivity contribution in [1.29, 1.82) is 0 Å². The fourth-order valence-corrected chi connectivity index (χ4v) is 8.55. The van der Waals surface area contributed by atoms with Gasteiger partial charge >= 0.3 is 0 Å². The van der Waals surface area contributed by atoms with Crippen molar-refractivity contribution in [2.24, 2.45) is 0 Å². The predicted molar refractivity (Wildman–Crippen MR) is 213 cm³/mol. The number of benzene rings is 7. The molecule has 1 heterocycles. The summed E-state index contributed by atoms with van der Waals surface area (Å²) in [5.74, 6) is 0.139. The van der Waals surface area contributed by atoms with Crippen molar-refractivity contribution in [1.82, 2.24) is 0 Å². The smallest absolute Gasteiger partial charge is 0.115 e. The Balaban J connectivity index is 1.34. The Kier molecular flexibility index (Phi) is 7.11. The Morgan fingerprint density at radius 2 is 1.04 bits per heavy atom. The largest absolute Gasteiger partial charge is 0.310 e. The van der Waals surface area contributed by atoms with Crippen molar-refractivity contribution in [2.45, 2.75) is 18.3 Å². The molecule has 0 spiro atoms. The number of hydrogen-bond donors (Lipinski definition) is 0. The van der Waals surface area contributed by atoms with Crippen LogP contribution in [0, 0.1) is 0 Å². The van der Waals surface area contributed by atoms with Gasteiger partial charge in [-0.3, -0.25) is 0 Å². The Labute approximate surface area is 299 Å². The molecule has 226 valence electrons. The average Bonchev–Trinajstić information content (AvgIpc) is 3.18. The summed E-state index contributed by atoms with van der Waals surface area (Å²) >= 11 is 0. The summed E-state index contributed by atoms with van der Waals surface area (Å²) in [6.07, 6.45) is 0. The lowest BCUT2D eigenvalue weighted by atomic mass is 9.51. The van der Waals surface area contributed by atoms with Crippen LogP contribution >= 0.6 is 0 Å². The zero-order valence-corrected chi connectivity index (χ0v) is 27.8. The van der Waals surface area contributed by atoms with Gasteiger partial charge in [-0.15, -0.1) is 10.9 Å². The van der Waals surface area contributed by atoms with E-state index in [1.807, 2.05) is 12.1 Å². The van der Waals surface area contributed by atoms with Crippen LogP contribution in [-0.2, 0) is 5.41 Å². The first-order chi connectivity index (χ1) is 24.4. The molecule has 5 heteroatoms. The summed E-state index contributed by atoms with van der Waals surface area (Å²) in [7, 11) is 27.9. The molecule has 50 heavy (non-hydrogen) atoms. The van der Waals surface area contributed by atoms with Gasteiger partial charge < -0.3 is 4.90 Å². The molecule has 0 bridgehead atoms. The van der Waals surface area contributed by atoms with Gasteiger partial charge in [-0.25, -0.2) is 0 Å². The van der Waals surface area contributed by atoms with Crippen molar-refractivity contribution in [3.63, 3.8) is 0 Å². The van der Waals surface area contributed by atoms with Gasteiger partial charge in [0.05, 0.1) is 11.1 Å². The van der Waals surface area contributed by atoms with Gasteiger partial charge in [0.15, 0.2) is 0 Å². The molecule has 7 aromatic carbocycles. The molecule has 0 saturated carbocycles. The lowest BCUT2D eigenvalue weighted by Crippen LogP contribution is -2.56. The number of anilines is 3. The molecule has 0 saturated heterocycles. The third-order valence-corrected chi connectivity index (χ3v) is 10.9. The van der Waals surface area contributed by atoms with Crippen molar-refractivity contribution >= 4 is 70.3 Å². The normalized spacial score (nSPS) is 17.1. The van der Waals surface area contributed by atoms with Crippen LogP contribution < -0.4 is 26.8 Å². The van der Waals surface area contributed by atoms with Crippen molar-refractivity contribution in [3.8, 4) is 22.3 Å². The molecule has 0 amide bonds. The second-order valence-electron chi connectivity index (χ2n) is 13.4. The minimum atomic E-state index is -0.799. The zero-order valence-electron chi connectivity index (χ0n) is 27.8. The molecular formula is C45H29B4N. The second kappa shape index (κ2) is 11.6. The zero-order chi connectivity index (χ0) is 34.1. The van der Waals surface area contributed by atoms with E-state index in [2.05, 4.69) is 151 Å². The highest BCUT2D eigenvalue weighted by molar-refractivity contribution is 6.64. The lowest BCUT2D eigenvalue weighted by molar-refractivity contribution is 0.666. The van der Waals surface area contributed by atoms with Gasteiger partial charge in [0, 0.05) is 17.3 Å². The summed E-state index contributed by atoms with van der Waals surface area (Å²) < 4.78 is 0. The van der Waals surface area contributed by atoms with E-state index in [9.17, 15) is 0 Å². The van der Waals surface area contributed by atoms with Gasteiger partial charge in [-0.2, -0.15) is 0 Å². The van der Waals surface area contributed by atoms with Crippen molar-refractivity contribution < 1.29 is 0 Å². The number of rotatable bonds is 4. The highest BCUT2D eigenvalue weighted by Crippen LogP contribution is 2.62. The van der Waals surface area contributed by atoms with Crippen LogP contribution in [0.3, 0.4) is 0 Å². The lowest BCUT2D eigenvalue weighted by Gasteiger charge is -2.53. The minimum Gasteiger partial charge on any atom is -0.310 e. The van der Waals surface area contributed by atoms with E-state index in [4.69, 9.17) is 31.4 Å². The summed E-state index contributed by atoms with van der Waals surface area (Å²) in [5.41, 5.74) is 14.7. The van der Waals surface area contributed by atoms with Crippen LogP contribution in [0.5, 0.6) is 0 Å². The van der Waals surface area contributed by atoms with Gasteiger partial charge in [0.2, 0.25) is 0 Å². The number of fused-ring (bicyclic) bond motifs is 4. The highest BCUT2D eigenvalue weighted by atomic mass is 15.2. The Hall–Kier alpha value is -5.40. The van der Waals surface area contributed by atoms with E-state index in [1.165, 1.54) is 33.4 Å². The van der Waals surface area contributed by atoms with Gasteiger partial charge in [-0.1, -0.05) is 151 Å². The summed E-state index contributed by atoms with van der Waals surface area (Å²) in [5, 5.41) is 0. The van der Waals surface area contributed by atoms with E-state index in [0.29, 0.717) is 21.9 Å². The molecule has 2 unspecified atom stereocenters. The van der Waals surface area contributed by atoms with Crippen LogP contribution in [0.4, 0.5) is 17.1 Å². The molecule has 1 nitrogen and oxygen atoms in total. The Morgan fingerprint density at radius 3 is 1.78 bits per heavy atom. The van der Waals surface area contributed by atoms with Gasteiger partial charge in [0.1, 0.15) is 31.4 Å². The van der Waals surface area contributed by atoms with E-state index >= 15 is 0 Å². The van der Waals surface area contributed by atoms with Crippen LogP contribution in [0.2, 0.25) is 0 Å². The monoisotopic (exact) mass is 627 g/mol. The van der Waals surface area contributed by atoms with E-state index in [1.54, 1.807) is 0 Å². The Bertz CT molecular complexity index is 2440. The second-order valence-corrected chi connectivity index (χ2v) is 13.4. The van der Waals surface area contributed by atoms with E-state index < -0.39 is 5.41 Å². The topological polar surface area (TPSA) is 3.24 Å². The summed E-state index contributed by atoms with van der Waals surface area (Å²) in [6.45, 7) is 2.29. The SMILES string of the molecule is [B]c1c([B])c([B])c2c(c1[B])N(c1cccc(-c3ccc(-c4ccccc4)cc3)c1)c1cccc3c1C2(c1ccccc1)c1ccccc1C3C. The maximum absolute atomic E-state index is 7.22. The molecule has 2 atom stereocenters. The first-order valence-electron chi connectivity index (χ1n) is 17.0. The first-order valence-corrected chi connectivity index (χ1v) is 17.0. The standard InChI is InChI=1S/C45H29B4N/c1-27-34-18-8-9-20-36(34)45(32-15-6-3-7-16-32)38-35(27)19-11-21-37(38)50(44-39(45)40(46)41(47)42(48)43(44)49)33-17-10-14-31(26-33)30-24-22-29(23-25-30)28-12-4-2-5-13-28/h2-27H,1H3. The van der Waals surface area contributed by atoms with Gasteiger partial charge in [0.25, 0.3) is 0 Å². The molecule has 7 aromatic rings. The fraction of sp³-hybridized carbons (Fsp3) is 0.0667. The first kappa shape index (κ1) is 30.6. The maximum Gasteiger partial charge on any atom is 0.115 e. The molecule has 1 aliphatic carbocycles. The summed E-state index contributed by atoms with van der Waals surface area (Å²) in [4.78, 5) is 2.25. The third-order valence-electron chi connectivity index (χ3n) is 10.9. The van der Waals surface area contributed by atoms with E-state index in [-0.39, 0.29) is 5.92 Å². The molecular weight excluding hydrogens is 598 g/mol. The molecule has 8 radical (unpaired) electrons. The van der Waals surface area contributed by atoms with Crippen LogP contribution in [-0.4, -0.2) is 31.4 Å². The third kappa shape index (κ3) is 4.26. The Morgan fingerprint density at radius 1 is 0.480 bits per heavy atom. The quantitative estimate of drug-likeness (QED) is 0.194. The molecule has 0 aromatic heterocycles. The molecule has 2 aliphatic rings. The number of hydrogen-bond acceptors (Lipinski definition) is 1. The van der Waals surface area contributed by atoms with Gasteiger partial charge in [-0.05, 0) is 73.8 Å². The van der Waals surface area contributed by atoms with Crippen LogP contribution in [0.15, 0.2) is 152 Å². The number of nitrogens with zero attached hydrogens (tertiary/aromatic N) is 1. The van der Waals surface area contributed by atoms with Crippen LogP contribution in [0.25, 0.3) is 22.3 Å². The van der Waals surface area contributed by atoms with E-state index in [0.717, 1.165) is 39.3 Å². The maximum atomic E-state index is 7.22. The molecule has 1 aliphatic heterocycles. The molecule has 9 rings (SSSR count). The highest BCUT2D eigenvalue weighted by Gasteiger charge is 2.52. The average molecular weight is 627 g/mol. The predicted octanol–water partition coefficient (Wildman–Crippen LogP) is 6.83. The molecule has 0 N–H and O–H groups in total. The fourth-order valence-electron chi connectivity index (χ4n) is 8.55. The van der Waals surface area contributed by atoms with Crippen molar-refractivity contribution in [2.75, 3.05) is 4.90 Å².